The number of carbonyl (C=O) groups is 2. The Bertz CT molecular complexity index is 1830. The first-order valence-electron chi connectivity index (χ1n) is 12.6. The summed E-state index contributed by atoms with van der Waals surface area (Å²) in [5.74, 6) is -0.360. The molecule has 0 spiro atoms. The number of allylic oxidation sites excluding steroid dienone is 1. The van der Waals surface area contributed by atoms with E-state index in [-0.39, 0.29) is 16.7 Å². The van der Waals surface area contributed by atoms with E-state index in [1.807, 2.05) is 31.2 Å². The van der Waals surface area contributed by atoms with Gasteiger partial charge in [0.1, 0.15) is 23.3 Å². The zero-order chi connectivity index (χ0) is 28.4. The first kappa shape index (κ1) is 26.9. The molecule has 40 heavy (non-hydrogen) atoms. The van der Waals surface area contributed by atoms with Crippen LogP contribution in [-0.4, -0.2) is 35.3 Å². The van der Waals surface area contributed by atoms with Gasteiger partial charge in [0, 0.05) is 17.2 Å². The van der Waals surface area contributed by atoms with Gasteiger partial charge in [-0.1, -0.05) is 54.7 Å². The molecular formula is C30H26N2O7S. The topological polar surface area (TPSA) is 120 Å². The molecular weight excluding hydrogens is 532 g/mol. The molecule has 1 aliphatic heterocycles. The van der Waals surface area contributed by atoms with Crippen molar-refractivity contribution in [1.29, 1.82) is 0 Å². The number of hydrogen-bond acceptors (Lipinski definition) is 8. The van der Waals surface area contributed by atoms with Crippen LogP contribution in [0.1, 0.15) is 48.0 Å². The van der Waals surface area contributed by atoms with Crippen LogP contribution in [-0.2, 0) is 9.53 Å². The zero-order valence-corrected chi connectivity index (χ0v) is 22.9. The van der Waals surface area contributed by atoms with Crippen LogP contribution in [0.5, 0.6) is 5.75 Å². The standard InChI is InChI=1S/C30H26N2O7S/c1-4-15-38-22-12-8-7-11-21(22)26-25(29(36)37-3)17(2)31-30-32(26)27(33)24(40-30)16-18-13-14-23(39-18)19-9-5-6-10-20(19)28(34)35/h5-14,16,26H,4,15H2,1-3H3,(H,34,35)/b24-16+/t26-/m0/s1. The molecule has 0 saturated heterocycles. The molecule has 3 heterocycles. The number of nitrogens with zero attached hydrogens (tertiary/aromatic N) is 2. The minimum absolute atomic E-state index is 0.109. The number of aromatic nitrogens is 1. The van der Waals surface area contributed by atoms with Crippen molar-refractivity contribution in [2.75, 3.05) is 13.7 Å². The fourth-order valence-electron chi connectivity index (χ4n) is 4.63. The lowest BCUT2D eigenvalue weighted by atomic mass is 9.95. The number of ether oxygens (including phenoxy) is 2. The molecule has 1 aliphatic rings. The van der Waals surface area contributed by atoms with Crippen LogP contribution in [0.2, 0.25) is 0 Å². The van der Waals surface area contributed by atoms with Crippen LogP contribution in [0, 0.1) is 0 Å². The number of hydrogen-bond donors (Lipinski definition) is 1. The number of thiazole rings is 1. The predicted octanol–water partition coefficient (Wildman–Crippen LogP) is 4.16. The summed E-state index contributed by atoms with van der Waals surface area (Å²) in [4.78, 5) is 43.5. The number of fused-ring (bicyclic) bond motifs is 1. The van der Waals surface area contributed by atoms with Crippen molar-refractivity contribution in [2.45, 2.75) is 26.3 Å². The number of furan rings is 1. The molecule has 0 bridgehead atoms. The van der Waals surface area contributed by atoms with Crippen molar-refractivity contribution >= 4 is 29.4 Å². The van der Waals surface area contributed by atoms with Crippen molar-refractivity contribution in [3.8, 4) is 17.1 Å². The Hall–Kier alpha value is -4.70. The van der Waals surface area contributed by atoms with E-state index in [1.165, 1.54) is 17.7 Å². The highest BCUT2D eigenvalue weighted by Gasteiger charge is 2.34. The van der Waals surface area contributed by atoms with E-state index in [0.717, 1.165) is 17.8 Å². The predicted molar refractivity (Wildman–Crippen MR) is 149 cm³/mol. The van der Waals surface area contributed by atoms with Crippen molar-refractivity contribution in [3.05, 3.63) is 109 Å². The van der Waals surface area contributed by atoms with Crippen LogP contribution in [0.25, 0.3) is 17.4 Å². The second kappa shape index (κ2) is 11.2. The van der Waals surface area contributed by atoms with Crippen molar-refractivity contribution in [2.24, 2.45) is 4.99 Å². The molecule has 1 N–H and O–H groups in total. The minimum atomic E-state index is -1.07. The quantitative estimate of drug-likeness (QED) is 0.323. The Morgan fingerprint density at radius 3 is 2.62 bits per heavy atom. The normalized spacial score (nSPS) is 15.0. The summed E-state index contributed by atoms with van der Waals surface area (Å²) >= 11 is 1.16. The van der Waals surface area contributed by atoms with Crippen molar-refractivity contribution in [3.63, 3.8) is 0 Å². The van der Waals surface area contributed by atoms with Crippen LogP contribution < -0.4 is 19.6 Å². The lowest BCUT2D eigenvalue weighted by molar-refractivity contribution is -0.136. The van der Waals surface area contributed by atoms with Gasteiger partial charge in [0.05, 0.1) is 35.1 Å². The van der Waals surface area contributed by atoms with Gasteiger partial charge in [-0.3, -0.25) is 9.36 Å². The SMILES string of the molecule is CCCOc1ccccc1[C@H]1C(C(=O)OC)=C(C)N=c2s/c(=C/c3ccc(-c4ccccc4C(=O)O)o3)c(=O)n21. The number of esters is 1. The second-order valence-electron chi connectivity index (χ2n) is 9.01. The van der Waals surface area contributed by atoms with Crippen LogP contribution >= 0.6 is 11.3 Å². The maximum absolute atomic E-state index is 13.9. The van der Waals surface area contributed by atoms with E-state index in [0.29, 0.717) is 50.0 Å². The Kier molecular flexibility index (Phi) is 7.52. The number of aromatic carboxylic acids is 1. The van der Waals surface area contributed by atoms with Crippen LogP contribution in [0.3, 0.4) is 0 Å². The fourth-order valence-corrected chi connectivity index (χ4v) is 5.65. The monoisotopic (exact) mass is 558 g/mol. The van der Waals surface area contributed by atoms with Gasteiger partial charge in [0.2, 0.25) is 0 Å². The molecule has 2 aromatic heterocycles. The summed E-state index contributed by atoms with van der Waals surface area (Å²) < 4.78 is 18.8. The van der Waals surface area contributed by atoms with Gasteiger partial charge in [-0.05, 0) is 37.6 Å². The summed E-state index contributed by atoms with van der Waals surface area (Å²) in [7, 11) is 1.29. The van der Waals surface area contributed by atoms with Gasteiger partial charge in [0.25, 0.3) is 5.56 Å². The highest BCUT2D eigenvalue weighted by molar-refractivity contribution is 7.07. The summed E-state index contributed by atoms with van der Waals surface area (Å²) in [6.45, 7) is 4.18. The zero-order valence-electron chi connectivity index (χ0n) is 22.0. The molecule has 5 rings (SSSR count). The molecule has 1 atom stereocenters. The van der Waals surface area contributed by atoms with E-state index in [9.17, 15) is 19.5 Å². The largest absolute Gasteiger partial charge is 0.493 e. The number of carboxylic acids is 1. The average molecular weight is 559 g/mol. The molecule has 4 aromatic rings. The number of carbonyl (C=O) groups excluding carboxylic acids is 1. The van der Waals surface area contributed by atoms with E-state index >= 15 is 0 Å². The number of carboxylic acid groups (broad SMARTS) is 1. The van der Waals surface area contributed by atoms with Gasteiger partial charge >= 0.3 is 11.9 Å². The lowest BCUT2D eigenvalue weighted by Crippen LogP contribution is -2.40. The Labute approximate surface area is 232 Å². The van der Waals surface area contributed by atoms with Gasteiger partial charge in [-0.2, -0.15) is 0 Å². The molecule has 0 amide bonds. The van der Waals surface area contributed by atoms with Gasteiger partial charge in [-0.15, -0.1) is 0 Å². The third-order valence-corrected chi connectivity index (χ3v) is 7.41. The molecule has 10 heteroatoms. The van der Waals surface area contributed by atoms with E-state index < -0.39 is 18.0 Å². The van der Waals surface area contributed by atoms with Gasteiger partial charge in [-0.25, -0.2) is 14.6 Å². The second-order valence-corrected chi connectivity index (χ2v) is 10.0. The van der Waals surface area contributed by atoms with Crippen molar-refractivity contribution in [1.82, 2.24) is 4.57 Å². The fraction of sp³-hybridized carbons (Fsp3) is 0.200. The van der Waals surface area contributed by atoms with Gasteiger partial charge < -0.3 is 19.0 Å². The minimum Gasteiger partial charge on any atom is -0.493 e. The number of para-hydroxylation sites is 1. The van der Waals surface area contributed by atoms with E-state index in [1.54, 1.807) is 43.3 Å². The summed E-state index contributed by atoms with van der Waals surface area (Å²) in [6, 6.07) is 16.4. The highest BCUT2D eigenvalue weighted by atomic mass is 32.1. The summed E-state index contributed by atoms with van der Waals surface area (Å²) in [5, 5.41) is 9.54. The number of rotatable bonds is 8. The maximum atomic E-state index is 13.9. The number of methoxy groups -OCH3 is 1. The molecule has 204 valence electrons. The Morgan fingerprint density at radius 2 is 1.88 bits per heavy atom. The first-order chi connectivity index (χ1) is 19.3. The molecule has 2 aromatic carbocycles. The van der Waals surface area contributed by atoms with E-state index in [4.69, 9.17) is 13.9 Å². The molecule has 9 nitrogen and oxygen atoms in total. The molecule has 0 unspecified atom stereocenters. The molecule has 0 aliphatic carbocycles. The van der Waals surface area contributed by atoms with Gasteiger partial charge in [0.15, 0.2) is 4.80 Å². The Balaban J connectivity index is 1.66. The molecule has 0 radical (unpaired) electrons. The van der Waals surface area contributed by atoms with Crippen molar-refractivity contribution < 1.29 is 28.6 Å². The van der Waals surface area contributed by atoms with Crippen LogP contribution in [0.15, 0.2) is 86.1 Å². The summed E-state index contributed by atoms with van der Waals surface area (Å²) in [5.41, 5.74) is 1.51. The smallest absolute Gasteiger partial charge is 0.338 e. The Morgan fingerprint density at radius 1 is 1.12 bits per heavy atom. The third-order valence-electron chi connectivity index (χ3n) is 6.43. The summed E-state index contributed by atoms with van der Waals surface area (Å²) in [6.07, 6.45) is 2.38. The lowest BCUT2D eigenvalue weighted by Gasteiger charge is -2.26. The average Bonchev–Trinajstić information content (AvgIpc) is 3.55. The first-order valence-corrected chi connectivity index (χ1v) is 13.4. The highest BCUT2D eigenvalue weighted by Crippen LogP contribution is 2.36. The third kappa shape index (κ3) is 4.89. The number of benzene rings is 2. The van der Waals surface area contributed by atoms with E-state index in [2.05, 4.69) is 4.99 Å². The molecule has 0 fully saturated rings. The molecule has 0 saturated carbocycles. The maximum Gasteiger partial charge on any atom is 0.338 e. The van der Waals surface area contributed by atoms with Crippen LogP contribution in [0.4, 0.5) is 0 Å².